The van der Waals surface area contributed by atoms with E-state index >= 15 is 0 Å². The molecule has 0 aliphatic heterocycles. The van der Waals surface area contributed by atoms with Crippen LogP contribution in [0.25, 0.3) is 0 Å². The van der Waals surface area contributed by atoms with Crippen molar-refractivity contribution in [2.75, 3.05) is 20.8 Å². The number of alkyl halides is 3. The summed E-state index contributed by atoms with van der Waals surface area (Å²) in [6, 6.07) is 5.19. The van der Waals surface area contributed by atoms with Gasteiger partial charge in [0.15, 0.2) is 0 Å². The first-order valence-corrected chi connectivity index (χ1v) is 6.72. The molecule has 0 radical (unpaired) electrons. The van der Waals surface area contributed by atoms with Gasteiger partial charge in [-0.05, 0) is 18.1 Å². The third kappa shape index (κ3) is 4.77. The molecule has 0 spiro atoms. The monoisotopic (exact) mass is 280 g/mol. The maximum atomic E-state index is 12.5. The van der Waals surface area contributed by atoms with Gasteiger partial charge in [-0.15, -0.1) is 0 Å². The Balaban J connectivity index is 2.53. The molecule has 0 saturated heterocycles. The molecule has 0 bridgehead atoms. The highest BCUT2D eigenvalue weighted by molar-refractivity contribution is 6.36. The minimum absolute atomic E-state index is 0.278. The smallest absolute Gasteiger partial charge is 0.379 e. The Bertz CT molecular complexity index is 367. The van der Waals surface area contributed by atoms with Crippen molar-refractivity contribution in [3.05, 3.63) is 35.4 Å². The van der Waals surface area contributed by atoms with Crippen LogP contribution in [-0.4, -0.2) is 30.4 Å². The standard InChI is InChI=1S/C11H15F3O3Si/c1-15-18(16-2)17-7-6-9-4-3-5-10(8-9)11(12,13)14/h3-5,8,18H,6-7H2,1-2H3. The van der Waals surface area contributed by atoms with Gasteiger partial charge >= 0.3 is 15.7 Å². The van der Waals surface area contributed by atoms with Crippen molar-refractivity contribution < 1.29 is 26.4 Å². The van der Waals surface area contributed by atoms with Crippen LogP contribution in [0.4, 0.5) is 13.2 Å². The molecule has 0 fully saturated rings. The van der Waals surface area contributed by atoms with Crippen LogP contribution in [0.2, 0.25) is 0 Å². The Kier molecular flexibility index (Phi) is 5.80. The highest BCUT2D eigenvalue weighted by Crippen LogP contribution is 2.29. The minimum Gasteiger partial charge on any atom is -0.379 e. The number of hydrogen-bond donors (Lipinski definition) is 0. The first-order chi connectivity index (χ1) is 8.47. The third-order valence-electron chi connectivity index (χ3n) is 2.28. The second-order valence-corrected chi connectivity index (χ2v) is 5.43. The van der Waals surface area contributed by atoms with Gasteiger partial charge in [0.1, 0.15) is 0 Å². The van der Waals surface area contributed by atoms with E-state index in [-0.39, 0.29) is 6.61 Å². The maximum Gasteiger partial charge on any atom is 0.483 e. The van der Waals surface area contributed by atoms with Gasteiger partial charge in [0, 0.05) is 20.8 Å². The zero-order valence-electron chi connectivity index (χ0n) is 10.2. The fourth-order valence-electron chi connectivity index (χ4n) is 1.41. The van der Waals surface area contributed by atoms with Gasteiger partial charge in [-0.1, -0.05) is 18.2 Å². The first-order valence-electron chi connectivity index (χ1n) is 5.30. The van der Waals surface area contributed by atoms with E-state index in [4.69, 9.17) is 13.3 Å². The average molecular weight is 280 g/mol. The molecule has 102 valence electrons. The maximum absolute atomic E-state index is 12.5. The zero-order chi connectivity index (χ0) is 13.6. The first kappa shape index (κ1) is 15.2. The molecular formula is C11H15F3O3Si. The average Bonchev–Trinajstić information content (AvgIpc) is 2.34. The topological polar surface area (TPSA) is 27.7 Å². The molecule has 0 unspecified atom stereocenters. The number of rotatable bonds is 6. The van der Waals surface area contributed by atoms with Gasteiger partial charge in [-0.2, -0.15) is 13.2 Å². The Morgan fingerprint density at radius 3 is 2.39 bits per heavy atom. The number of halogens is 3. The molecular weight excluding hydrogens is 265 g/mol. The molecule has 0 aliphatic rings. The van der Waals surface area contributed by atoms with Crippen LogP contribution in [0.15, 0.2) is 24.3 Å². The van der Waals surface area contributed by atoms with E-state index in [2.05, 4.69) is 0 Å². The van der Waals surface area contributed by atoms with E-state index in [1.54, 1.807) is 6.07 Å². The van der Waals surface area contributed by atoms with Gasteiger partial charge in [-0.3, -0.25) is 0 Å². The second-order valence-electron chi connectivity index (χ2n) is 3.58. The van der Waals surface area contributed by atoms with Crippen molar-refractivity contribution in [1.82, 2.24) is 0 Å². The molecule has 0 aromatic heterocycles. The van der Waals surface area contributed by atoms with Gasteiger partial charge in [0.2, 0.25) is 0 Å². The lowest BCUT2D eigenvalue weighted by molar-refractivity contribution is -0.137. The van der Waals surface area contributed by atoms with Gasteiger partial charge in [-0.25, -0.2) is 0 Å². The van der Waals surface area contributed by atoms with Crippen molar-refractivity contribution in [3.63, 3.8) is 0 Å². The summed E-state index contributed by atoms with van der Waals surface area (Å²) >= 11 is 0. The molecule has 0 amide bonds. The summed E-state index contributed by atoms with van der Waals surface area (Å²) in [7, 11) is 0.852. The van der Waals surface area contributed by atoms with Crippen LogP contribution < -0.4 is 0 Å². The van der Waals surface area contributed by atoms with Crippen molar-refractivity contribution >= 4 is 9.53 Å². The zero-order valence-corrected chi connectivity index (χ0v) is 11.3. The molecule has 0 N–H and O–H groups in total. The summed E-state index contributed by atoms with van der Waals surface area (Å²) in [5.74, 6) is 0. The Labute approximate surface area is 105 Å². The lowest BCUT2D eigenvalue weighted by Crippen LogP contribution is -2.24. The number of benzene rings is 1. The molecule has 18 heavy (non-hydrogen) atoms. The lowest BCUT2D eigenvalue weighted by atomic mass is 10.1. The van der Waals surface area contributed by atoms with Crippen LogP contribution in [-0.2, 0) is 25.9 Å². The Hall–Kier alpha value is -0.893. The highest BCUT2D eigenvalue weighted by Gasteiger charge is 2.30. The van der Waals surface area contributed by atoms with Gasteiger partial charge < -0.3 is 13.3 Å². The summed E-state index contributed by atoms with van der Waals surface area (Å²) in [6.45, 7) is 0.278. The van der Waals surface area contributed by atoms with Crippen LogP contribution in [0.1, 0.15) is 11.1 Å². The van der Waals surface area contributed by atoms with E-state index in [1.165, 1.54) is 20.3 Å². The predicted octanol–water partition coefficient (Wildman–Crippen LogP) is 2.27. The molecule has 0 heterocycles. The third-order valence-corrected chi connectivity index (χ3v) is 3.56. The summed E-state index contributed by atoms with van der Waals surface area (Å²) in [6.07, 6.45) is -3.92. The van der Waals surface area contributed by atoms with Crippen molar-refractivity contribution in [2.24, 2.45) is 0 Å². The van der Waals surface area contributed by atoms with E-state index in [0.717, 1.165) is 12.1 Å². The normalized spacial score (nSPS) is 12.1. The molecule has 0 saturated carbocycles. The lowest BCUT2D eigenvalue weighted by Gasteiger charge is -2.12. The fraction of sp³-hybridized carbons (Fsp3) is 0.455. The van der Waals surface area contributed by atoms with Gasteiger partial charge in [0.05, 0.1) is 5.56 Å². The van der Waals surface area contributed by atoms with Crippen LogP contribution in [0.3, 0.4) is 0 Å². The second kappa shape index (κ2) is 6.88. The molecule has 3 nitrogen and oxygen atoms in total. The summed E-state index contributed by atoms with van der Waals surface area (Å²) in [4.78, 5) is 0. The fourth-order valence-corrected chi connectivity index (χ4v) is 2.18. The Morgan fingerprint density at radius 1 is 1.17 bits per heavy atom. The molecule has 0 aliphatic carbocycles. The number of hydrogen-bond acceptors (Lipinski definition) is 3. The van der Waals surface area contributed by atoms with Crippen LogP contribution >= 0.6 is 0 Å². The quantitative estimate of drug-likeness (QED) is 0.748. The van der Waals surface area contributed by atoms with Gasteiger partial charge in [0.25, 0.3) is 0 Å². The summed E-state index contributed by atoms with van der Waals surface area (Å²) in [5, 5.41) is 0. The Morgan fingerprint density at radius 2 is 1.83 bits per heavy atom. The van der Waals surface area contributed by atoms with Crippen molar-refractivity contribution in [2.45, 2.75) is 12.6 Å². The SMILES string of the molecule is CO[SiH](OC)OCCc1cccc(C(F)(F)F)c1. The van der Waals surface area contributed by atoms with E-state index < -0.39 is 21.3 Å². The van der Waals surface area contributed by atoms with Crippen molar-refractivity contribution in [1.29, 1.82) is 0 Å². The largest absolute Gasteiger partial charge is 0.483 e. The summed E-state index contributed by atoms with van der Waals surface area (Å²) in [5.41, 5.74) is -0.0722. The van der Waals surface area contributed by atoms with E-state index in [0.29, 0.717) is 12.0 Å². The molecule has 1 aromatic carbocycles. The van der Waals surface area contributed by atoms with Crippen LogP contribution in [0, 0.1) is 0 Å². The minimum atomic E-state index is -4.31. The summed E-state index contributed by atoms with van der Waals surface area (Å²) < 4.78 is 52.5. The predicted molar refractivity (Wildman–Crippen MR) is 62.3 cm³/mol. The van der Waals surface area contributed by atoms with E-state index in [1.807, 2.05) is 0 Å². The molecule has 1 rings (SSSR count). The molecule has 1 aromatic rings. The van der Waals surface area contributed by atoms with E-state index in [9.17, 15) is 13.2 Å². The highest BCUT2D eigenvalue weighted by atomic mass is 28.3. The van der Waals surface area contributed by atoms with Crippen molar-refractivity contribution in [3.8, 4) is 0 Å². The van der Waals surface area contributed by atoms with Crippen LogP contribution in [0.5, 0.6) is 0 Å². The molecule has 7 heteroatoms. The molecule has 0 atom stereocenters.